The number of carbonyl (C=O) groups is 3. The van der Waals surface area contributed by atoms with Gasteiger partial charge in [0.15, 0.2) is 6.10 Å². The van der Waals surface area contributed by atoms with Crippen molar-refractivity contribution in [1.29, 1.82) is 0 Å². The summed E-state index contributed by atoms with van der Waals surface area (Å²) in [5, 5.41) is 0. The molecule has 0 bridgehead atoms. The highest BCUT2D eigenvalue weighted by molar-refractivity contribution is 5.71. The van der Waals surface area contributed by atoms with Gasteiger partial charge in [-0.25, -0.2) is 0 Å². The van der Waals surface area contributed by atoms with E-state index in [9.17, 15) is 14.4 Å². The fourth-order valence-electron chi connectivity index (χ4n) is 6.71. The smallest absolute Gasteiger partial charge is 0.306 e. The average Bonchev–Trinajstić information content (AvgIpc) is 3.30. The van der Waals surface area contributed by atoms with Crippen LogP contribution in [0, 0.1) is 0 Å². The third kappa shape index (κ3) is 50.7. The van der Waals surface area contributed by atoms with Crippen molar-refractivity contribution < 1.29 is 28.6 Å². The molecule has 0 fully saturated rings. The molecule has 1 atom stereocenters. The summed E-state index contributed by atoms with van der Waals surface area (Å²) in [4.78, 5) is 38.0. The summed E-state index contributed by atoms with van der Waals surface area (Å²) in [7, 11) is 0. The Morgan fingerprint density at radius 3 is 1.20 bits per heavy atom. The van der Waals surface area contributed by atoms with Gasteiger partial charge in [-0.2, -0.15) is 0 Å². The molecule has 0 rings (SSSR count). The zero-order valence-corrected chi connectivity index (χ0v) is 41.7. The number of rotatable bonds is 45. The van der Waals surface area contributed by atoms with Gasteiger partial charge in [-0.3, -0.25) is 14.4 Å². The molecule has 366 valence electrons. The monoisotopic (exact) mass is 899 g/mol. The highest BCUT2D eigenvalue weighted by Gasteiger charge is 2.19. The van der Waals surface area contributed by atoms with E-state index in [0.29, 0.717) is 19.3 Å². The van der Waals surface area contributed by atoms with Crippen LogP contribution in [-0.4, -0.2) is 37.2 Å². The lowest BCUT2D eigenvalue weighted by Crippen LogP contribution is -2.30. The van der Waals surface area contributed by atoms with Gasteiger partial charge in [0, 0.05) is 19.3 Å². The molecule has 0 aliphatic carbocycles. The van der Waals surface area contributed by atoms with Gasteiger partial charge in [0.05, 0.1) is 0 Å². The molecule has 1 unspecified atom stereocenters. The second-order valence-corrected chi connectivity index (χ2v) is 16.8. The largest absolute Gasteiger partial charge is 0.462 e. The Labute approximate surface area is 399 Å². The molecule has 0 aliphatic heterocycles. The summed E-state index contributed by atoms with van der Waals surface area (Å²) in [6.07, 6.45) is 71.9. The van der Waals surface area contributed by atoms with Crippen LogP contribution < -0.4 is 0 Å². The number of carbonyl (C=O) groups excluding carboxylic acids is 3. The summed E-state index contributed by atoms with van der Waals surface area (Å²) in [6.45, 7) is 6.26. The molecule has 0 aromatic heterocycles. The summed E-state index contributed by atoms with van der Waals surface area (Å²) in [5.74, 6) is -1.01. The fraction of sp³-hybridized carbons (Fsp3) is 0.610. The minimum absolute atomic E-state index is 0.112. The molecule has 0 heterocycles. The molecule has 0 spiro atoms. The lowest BCUT2D eigenvalue weighted by Gasteiger charge is -2.18. The van der Waals surface area contributed by atoms with Crippen LogP contribution in [0.5, 0.6) is 0 Å². The lowest BCUT2D eigenvalue weighted by molar-refractivity contribution is -0.167. The standard InChI is InChI=1S/C59H94O6/c1-4-7-10-13-16-19-22-25-27-28-29-30-32-34-37-40-43-46-49-52-58(61)64-55-56(54-63-57(60)51-48-45-42-39-36-33-24-21-18-15-12-9-6-3)65-59(62)53-50-47-44-41-38-35-31-26-23-20-17-14-11-8-5-2/h7,9-10,12,15-21,23-27,33,36,39,42,56H,4-6,8,11,13-14,22,28-32,34-35,37-38,40-41,43-55H2,1-3H3/b10-7-,12-9-,18-15-,19-16-,20-17-,24-21-,26-23-,27-25-,36-33-,42-39-. The molecule has 0 amide bonds. The first-order valence-electron chi connectivity index (χ1n) is 26.1. The molecule has 65 heavy (non-hydrogen) atoms. The predicted molar refractivity (Wildman–Crippen MR) is 279 cm³/mol. The van der Waals surface area contributed by atoms with Crippen molar-refractivity contribution in [3.63, 3.8) is 0 Å². The first kappa shape index (κ1) is 60.8. The Hall–Kier alpha value is -4.19. The Morgan fingerprint density at radius 2 is 0.692 bits per heavy atom. The topological polar surface area (TPSA) is 78.9 Å². The maximum atomic E-state index is 12.8. The van der Waals surface area contributed by atoms with E-state index < -0.39 is 6.10 Å². The summed E-state index contributed by atoms with van der Waals surface area (Å²) < 4.78 is 16.7. The fourth-order valence-corrected chi connectivity index (χ4v) is 6.71. The first-order chi connectivity index (χ1) is 32.0. The number of esters is 3. The van der Waals surface area contributed by atoms with Gasteiger partial charge in [-0.1, -0.05) is 226 Å². The molecule has 0 saturated heterocycles. The Bertz CT molecular complexity index is 1400. The van der Waals surface area contributed by atoms with E-state index in [1.807, 2.05) is 54.7 Å². The molecule has 0 aliphatic rings. The van der Waals surface area contributed by atoms with Crippen LogP contribution in [0.2, 0.25) is 0 Å². The van der Waals surface area contributed by atoms with Gasteiger partial charge in [0.2, 0.25) is 0 Å². The molecule has 6 heteroatoms. The molecule has 0 aromatic rings. The second-order valence-electron chi connectivity index (χ2n) is 16.8. The first-order valence-corrected chi connectivity index (χ1v) is 26.1. The van der Waals surface area contributed by atoms with E-state index in [-0.39, 0.29) is 37.5 Å². The predicted octanol–water partition coefficient (Wildman–Crippen LogP) is 17.3. The molecule has 6 nitrogen and oxygen atoms in total. The summed E-state index contributed by atoms with van der Waals surface area (Å²) in [5.41, 5.74) is 0. The van der Waals surface area contributed by atoms with Crippen LogP contribution in [0.25, 0.3) is 0 Å². The average molecular weight is 899 g/mol. The minimum Gasteiger partial charge on any atom is -0.462 e. The third-order valence-electron chi connectivity index (χ3n) is 10.6. The van der Waals surface area contributed by atoms with E-state index in [4.69, 9.17) is 14.2 Å². The molecule has 0 saturated carbocycles. The van der Waals surface area contributed by atoms with Crippen molar-refractivity contribution in [2.75, 3.05) is 13.2 Å². The van der Waals surface area contributed by atoms with Crippen LogP contribution in [0.1, 0.15) is 213 Å². The number of ether oxygens (including phenoxy) is 3. The van der Waals surface area contributed by atoms with Crippen LogP contribution >= 0.6 is 0 Å². The van der Waals surface area contributed by atoms with E-state index in [2.05, 4.69) is 87.6 Å². The third-order valence-corrected chi connectivity index (χ3v) is 10.6. The Morgan fingerprint density at radius 1 is 0.338 bits per heavy atom. The quantitative estimate of drug-likeness (QED) is 0.0199. The minimum atomic E-state index is -0.818. The number of hydrogen-bond acceptors (Lipinski definition) is 6. The van der Waals surface area contributed by atoms with E-state index in [1.165, 1.54) is 70.6 Å². The molecule has 0 radical (unpaired) electrons. The van der Waals surface area contributed by atoms with Crippen molar-refractivity contribution in [3.8, 4) is 0 Å². The Balaban J connectivity index is 4.49. The van der Waals surface area contributed by atoms with E-state index >= 15 is 0 Å². The van der Waals surface area contributed by atoms with Gasteiger partial charge >= 0.3 is 17.9 Å². The molecule has 0 aromatic carbocycles. The SMILES string of the molecule is CC\C=C/C=C\C=C/C=C\C=C/CCCC(=O)OCC(COC(=O)CCCCCCCCCCC/C=C\C/C=C\C/C=C\CC)OC(=O)CCCCCCCC/C=C\C=C/CCCCC. The van der Waals surface area contributed by atoms with Gasteiger partial charge < -0.3 is 14.2 Å². The highest BCUT2D eigenvalue weighted by atomic mass is 16.6. The maximum Gasteiger partial charge on any atom is 0.306 e. The van der Waals surface area contributed by atoms with Gasteiger partial charge in [-0.15, -0.1) is 0 Å². The van der Waals surface area contributed by atoms with Crippen molar-refractivity contribution in [1.82, 2.24) is 0 Å². The summed E-state index contributed by atoms with van der Waals surface area (Å²) in [6, 6.07) is 0. The van der Waals surface area contributed by atoms with E-state index in [1.54, 1.807) is 0 Å². The van der Waals surface area contributed by atoms with Crippen molar-refractivity contribution in [3.05, 3.63) is 122 Å². The second kappa shape index (κ2) is 52.4. The van der Waals surface area contributed by atoms with Crippen LogP contribution in [0.15, 0.2) is 122 Å². The van der Waals surface area contributed by atoms with Crippen molar-refractivity contribution >= 4 is 17.9 Å². The number of hydrogen-bond donors (Lipinski definition) is 0. The van der Waals surface area contributed by atoms with Crippen molar-refractivity contribution in [2.24, 2.45) is 0 Å². The zero-order chi connectivity index (χ0) is 47.2. The normalized spacial score (nSPS) is 13.1. The molecular weight excluding hydrogens is 805 g/mol. The summed E-state index contributed by atoms with van der Waals surface area (Å²) >= 11 is 0. The maximum absolute atomic E-state index is 12.8. The number of allylic oxidation sites excluding steroid dienone is 20. The van der Waals surface area contributed by atoms with Crippen LogP contribution in [-0.2, 0) is 28.6 Å². The van der Waals surface area contributed by atoms with Crippen molar-refractivity contribution in [2.45, 2.75) is 219 Å². The Kier molecular flexibility index (Phi) is 49.1. The molecular formula is C59H94O6. The van der Waals surface area contributed by atoms with Gasteiger partial charge in [0.25, 0.3) is 0 Å². The highest BCUT2D eigenvalue weighted by Crippen LogP contribution is 2.14. The number of unbranched alkanes of at least 4 members (excludes halogenated alkanes) is 19. The zero-order valence-electron chi connectivity index (χ0n) is 41.7. The lowest BCUT2D eigenvalue weighted by atomic mass is 10.1. The molecule has 0 N–H and O–H groups in total. The van der Waals surface area contributed by atoms with Gasteiger partial charge in [0.1, 0.15) is 13.2 Å². The van der Waals surface area contributed by atoms with Gasteiger partial charge in [-0.05, 0) is 89.9 Å². The van der Waals surface area contributed by atoms with E-state index in [0.717, 1.165) is 96.3 Å². The van der Waals surface area contributed by atoms with Crippen LogP contribution in [0.4, 0.5) is 0 Å². The van der Waals surface area contributed by atoms with Crippen LogP contribution in [0.3, 0.4) is 0 Å².